The number of fused-ring (bicyclic) bond motifs is 1. The zero-order valence-electron chi connectivity index (χ0n) is 13.3. The Kier molecular flexibility index (Phi) is 5.10. The van der Waals surface area contributed by atoms with E-state index in [1.165, 1.54) is 9.58 Å². The normalized spacial score (nSPS) is 14.1. The fraction of sp³-hybridized carbons (Fsp3) is 0.438. The van der Waals surface area contributed by atoms with Crippen molar-refractivity contribution in [3.05, 3.63) is 44.0 Å². The summed E-state index contributed by atoms with van der Waals surface area (Å²) in [6, 6.07) is 5.30. The zero-order valence-corrected chi connectivity index (χ0v) is 15.7. The summed E-state index contributed by atoms with van der Waals surface area (Å²) in [7, 11) is 1.64. The van der Waals surface area contributed by atoms with Gasteiger partial charge in [-0.25, -0.2) is 9.48 Å². The molecule has 0 aliphatic carbocycles. The molecule has 0 bridgehead atoms. The van der Waals surface area contributed by atoms with Gasteiger partial charge in [-0.2, -0.15) is 5.10 Å². The zero-order chi connectivity index (χ0) is 17.3. The highest BCUT2D eigenvalue weighted by atomic mass is 79.9. The third-order valence-electron chi connectivity index (χ3n) is 4.21. The molecule has 0 N–H and O–H groups in total. The quantitative estimate of drug-likeness (QED) is 0.777. The molecule has 1 aliphatic heterocycles. The van der Waals surface area contributed by atoms with Gasteiger partial charge in [-0.05, 0) is 31.0 Å². The van der Waals surface area contributed by atoms with E-state index < -0.39 is 0 Å². The Morgan fingerprint density at radius 3 is 2.92 bits per heavy atom. The van der Waals surface area contributed by atoms with Crippen molar-refractivity contribution in [3.63, 3.8) is 0 Å². The number of carbonyl (C=O) groups excluding carboxylic acids is 1. The number of benzene rings is 1. The predicted octanol–water partition coefficient (Wildman–Crippen LogP) is 2.85. The fourth-order valence-electron chi connectivity index (χ4n) is 2.85. The summed E-state index contributed by atoms with van der Waals surface area (Å²) in [6.45, 7) is 0.582. The van der Waals surface area contributed by atoms with E-state index in [0.717, 1.165) is 36.0 Å². The lowest BCUT2D eigenvalue weighted by Crippen LogP contribution is -2.35. The van der Waals surface area contributed by atoms with E-state index in [9.17, 15) is 9.59 Å². The third kappa shape index (κ3) is 3.42. The standard InChI is InChI=1S/C16H18BrClN4O2/c1-20(13-7-6-11(17)9-12(13)18)15(23)10-22-16(24)21-8-4-2-3-5-14(21)19-22/h6-7,9H,2-5,8,10H2,1H3. The molecule has 24 heavy (non-hydrogen) atoms. The van der Waals surface area contributed by atoms with Crippen molar-refractivity contribution in [2.24, 2.45) is 0 Å². The molecule has 1 aromatic carbocycles. The van der Waals surface area contributed by atoms with E-state index >= 15 is 0 Å². The van der Waals surface area contributed by atoms with Crippen molar-refractivity contribution < 1.29 is 4.79 Å². The van der Waals surface area contributed by atoms with Crippen LogP contribution < -0.4 is 10.6 Å². The Morgan fingerprint density at radius 2 is 2.17 bits per heavy atom. The van der Waals surface area contributed by atoms with Crippen LogP contribution in [0.25, 0.3) is 0 Å². The van der Waals surface area contributed by atoms with Crippen LogP contribution in [0.2, 0.25) is 5.02 Å². The molecule has 0 unspecified atom stereocenters. The van der Waals surface area contributed by atoms with Crippen LogP contribution >= 0.6 is 27.5 Å². The van der Waals surface area contributed by atoms with Crippen molar-refractivity contribution in [2.75, 3.05) is 11.9 Å². The molecule has 2 heterocycles. The molecular weight excluding hydrogens is 396 g/mol. The van der Waals surface area contributed by atoms with Gasteiger partial charge >= 0.3 is 5.69 Å². The lowest BCUT2D eigenvalue weighted by atomic mass is 10.2. The number of aromatic nitrogens is 3. The van der Waals surface area contributed by atoms with Crippen LogP contribution in [-0.2, 0) is 24.3 Å². The van der Waals surface area contributed by atoms with Crippen LogP contribution in [0.15, 0.2) is 27.5 Å². The molecule has 0 radical (unpaired) electrons. The van der Waals surface area contributed by atoms with Crippen molar-refractivity contribution in [2.45, 2.75) is 38.8 Å². The first-order valence-electron chi connectivity index (χ1n) is 7.85. The Bertz CT molecular complexity index is 830. The van der Waals surface area contributed by atoms with Crippen LogP contribution in [0.4, 0.5) is 5.69 Å². The van der Waals surface area contributed by atoms with Crippen LogP contribution in [0.5, 0.6) is 0 Å². The van der Waals surface area contributed by atoms with Crippen LogP contribution in [0, 0.1) is 0 Å². The maximum absolute atomic E-state index is 12.5. The van der Waals surface area contributed by atoms with Crippen LogP contribution in [-0.4, -0.2) is 27.3 Å². The predicted molar refractivity (Wildman–Crippen MR) is 96.6 cm³/mol. The number of likely N-dealkylation sites (N-methyl/N-ethyl adjacent to an activating group) is 1. The smallest absolute Gasteiger partial charge is 0.312 e. The second kappa shape index (κ2) is 7.11. The summed E-state index contributed by atoms with van der Waals surface area (Å²) in [4.78, 5) is 26.4. The number of hydrogen-bond acceptors (Lipinski definition) is 3. The van der Waals surface area contributed by atoms with Gasteiger partial charge in [-0.3, -0.25) is 9.36 Å². The maximum atomic E-state index is 12.5. The van der Waals surface area contributed by atoms with Crippen LogP contribution in [0.3, 0.4) is 0 Å². The number of halogens is 2. The van der Waals surface area contributed by atoms with Gasteiger partial charge in [0.2, 0.25) is 5.91 Å². The lowest BCUT2D eigenvalue weighted by molar-refractivity contribution is -0.119. The molecule has 128 valence electrons. The average Bonchev–Trinajstić information content (AvgIpc) is 2.72. The molecule has 8 heteroatoms. The first-order valence-corrected chi connectivity index (χ1v) is 9.02. The monoisotopic (exact) mass is 412 g/mol. The van der Waals surface area contributed by atoms with Gasteiger partial charge in [0.05, 0.1) is 10.7 Å². The van der Waals surface area contributed by atoms with Crippen molar-refractivity contribution >= 4 is 39.1 Å². The molecule has 0 atom stereocenters. The van der Waals surface area contributed by atoms with Gasteiger partial charge in [0.15, 0.2) is 0 Å². The van der Waals surface area contributed by atoms with Crippen molar-refractivity contribution in [1.82, 2.24) is 14.3 Å². The Labute approximate surface area is 153 Å². The van der Waals surface area contributed by atoms with E-state index in [4.69, 9.17) is 11.6 Å². The van der Waals surface area contributed by atoms with E-state index in [-0.39, 0.29) is 18.1 Å². The van der Waals surface area contributed by atoms with Gasteiger partial charge < -0.3 is 4.90 Å². The van der Waals surface area contributed by atoms with Crippen LogP contribution in [0.1, 0.15) is 25.1 Å². The first kappa shape index (κ1) is 17.2. The number of nitrogens with zero attached hydrogens (tertiary/aromatic N) is 4. The number of carbonyl (C=O) groups is 1. The number of anilines is 1. The summed E-state index contributed by atoms with van der Waals surface area (Å²) in [5, 5.41) is 4.81. The molecule has 0 fully saturated rings. The summed E-state index contributed by atoms with van der Waals surface area (Å²) >= 11 is 9.53. The van der Waals surface area contributed by atoms with Gasteiger partial charge in [0.1, 0.15) is 12.4 Å². The highest BCUT2D eigenvalue weighted by Gasteiger charge is 2.20. The largest absolute Gasteiger partial charge is 0.346 e. The van der Waals surface area contributed by atoms with Crippen molar-refractivity contribution in [1.29, 1.82) is 0 Å². The highest BCUT2D eigenvalue weighted by Crippen LogP contribution is 2.28. The molecule has 2 aromatic rings. The second-order valence-electron chi connectivity index (χ2n) is 5.87. The molecule has 0 saturated carbocycles. The number of rotatable bonds is 3. The molecule has 0 spiro atoms. The van der Waals surface area contributed by atoms with Gasteiger partial charge in [0, 0.05) is 24.5 Å². The van der Waals surface area contributed by atoms with E-state index in [0.29, 0.717) is 17.3 Å². The molecule has 0 saturated heterocycles. The summed E-state index contributed by atoms with van der Waals surface area (Å²) in [6.07, 6.45) is 3.89. The minimum atomic E-state index is -0.241. The van der Waals surface area contributed by atoms with Crippen molar-refractivity contribution in [3.8, 4) is 0 Å². The van der Waals surface area contributed by atoms with Gasteiger partial charge in [-0.1, -0.05) is 34.0 Å². The molecule has 1 amide bonds. The first-order chi connectivity index (χ1) is 11.5. The summed E-state index contributed by atoms with van der Waals surface area (Å²) in [5.41, 5.74) is 0.384. The minimum Gasteiger partial charge on any atom is -0.312 e. The fourth-order valence-corrected chi connectivity index (χ4v) is 3.65. The summed E-state index contributed by atoms with van der Waals surface area (Å²) in [5.74, 6) is 0.532. The molecule has 3 rings (SSSR count). The lowest BCUT2D eigenvalue weighted by Gasteiger charge is -2.18. The van der Waals surface area contributed by atoms with E-state index in [1.807, 2.05) is 6.07 Å². The van der Waals surface area contributed by atoms with E-state index in [2.05, 4.69) is 21.0 Å². The number of amides is 1. The Morgan fingerprint density at radius 1 is 1.38 bits per heavy atom. The molecule has 6 nitrogen and oxygen atoms in total. The van der Waals surface area contributed by atoms with E-state index in [1.54, 1.807) is 23.7 Å². The molecule has 1 aromatic heterocycles. The Balaban J connectivity index is 1.81. The third-order valence-corrected chi connectivity index (χ3v) is 5.01. The average molecular weight is 414 g/mol. The minimum absolute atomic E-state index is 0.0955. The number of hydrogen-bond donors (Lipinski definition) is 0. The topological polar surface area (TPSA) is 60.1 Å². The highest BCUT2D eigenvalue weighted by molar-refractivity contribution is 9.10. The maximum Gasteiger partial charge on any atom is 0.346 e. The van der Waals surface area contributed by atoms with Gasteiger partial charge in [-0.15, -0.1) is 0 Å². The Hall–Kier alpha value is -1.60. The SMILES string of the molecule is CN(C(=O)Cn1nc2n(c1=O)CCCCC2)c1ccc(Br)cc1Cl. The molecule has 1 aliphatic rings. The number of aryl methyl sites for hydroxylation is 1. The van der Waals surface area contributed by atoms with Gasteiger partial charge in [0.25, 0.3) is 0 Å². The molecular formula is C16H18BrClN4O2. The summed E-state index contributed by atoms with van der Waals surface area (Å²) < 4.78 is 3.78. The second-order valence-corrected chi connectivity index (χ2v) is 7.19.